The standard InChI is InChI=1S/C63H46N2/c1-44(46-24-9-3-10-25-46)64-63(51-34-19-8-20-35-51)65-45(2)54-40-41-55(57-39-22-21-38-56(54)57)52-36-23-37-53(42-52)59-43-58(47-26-11-4-12-27-47)60(48-28-13-5-14-29-48)62(50-32-17-7-18-33-50)61(59)49-30-15-6-16-31-49/h3-43H,1H2,2H3. The maximum absolute atomic E-state index is 5.23. The van der Waals surface area contributed by atoms with Crippen molar-refractivity contribution in [2.45, 2.75) is 6.92 Å². The normalized spacial score (nSPS) is 11.7. The second-order valence-electron chi connectivity index (χ2n) is 16.2. The van der Waals surface area contributed by atoms with Crippen molar-refractivity contribution in [2.24, 2.45) is 9.98 Å². The van der Waals surface area contributed by atoms with E-state index in [1.165, 1.54) is 50.1 Å². The first-order chi connectivity index (χ1) is 32.1. The number of fused-ring (bicyclic) bond motifs is 1. The lowest BCUT2D eigenvalue weighted by molar-refractivity contribution is 1.44. The molecule has 0 aromatic heterocycles. The van der Waals surface area contributed by atoms with Gasteiger partial charge in [-0.15, -0.1) is 0 Å². The Kier molecular flexibility index (Phi) is 11.5. The second kappa shape index (κ2) is 18.5. The highest BCUT2D eigenvalue weighted by molar-refractivity contribution is 6.18. The molecule has 2 nitrogen and oxygen atoms in total. The third kappa shape index (κ3) is 8.42. The fourth-order valence-corrected chi connectivity index (χ4v) is 8.96. The van der Waals surface area contributed by atoms with Gasteiger partial charge in [0.05, 0.1) is 5.70 Å². The summed E-state index contributed by atoms with van der Waals surface area (Å²) >= 11 is 0. The molecule has 0 bridgehead atoms. The van der Waals surface area contributed by atoms with Gasteiger partial charge in [-0.3, -0.25) is 0 Å². The molecule has 0 atom stereocenters. The van der Waals surface area contributed by atoms with Gasteiger partial charge in [0, 0.05) is 16.8 Å². The molecule has 0 unspecified atom stereocenters. The van der Waals surface area contributed by atoms with Gasteiger partial charge in [-0.25, -0.2) is 9.98 Å². The van der Waals surface area contributed by atoms with Crippen molar-refractivity contribution in [3.05, 3.63) is 272 Å². The van der Waals surface area contributed by atoms with E-state index >= 15 is 0 Å². The van der Waals surface area contributed by atoms with Crippen LogP contribution in [0.25, 0.3) is 83.2 Å². The molecule has 10 aromatic rings. The number of hydrogen-bond acceptors (Lipinski definition) is 1. The zero-order valence-corrected chi connectivity index (χ0v) is 36.3. The lowest BCUT2D eigenvalue weighted by Crippen LogP contribution is -2.05. The van der Waals surface area contributed by atoms with Crippen LogP contribution in [0.1, 0.15) is 23.6 Å². The van der Waals surface area contributed by atoms with Gasteiger partial charge in [-0.05, 0) is 102 Å². The van der Waals surface area contributed by atoms with Crippen LogP contribution in [0, 0.1) is 0 Å². The van der Waals surface area contributed by atoms with E-state index < -0.39 is 0 Å². The monoisotopic (exact) mass is 830 g/mol. The number of nitrogens with zero attached hydrogens (tertiary/aromatic N) is 2. The fraction of sp³-hybridized carbons (Fsp3) is 0.0159. The maximum Gasteiger partial charge on any atom is 0.160 e. The van der Waals surface area contributed by atoms with Gasteiger partial charge < -0.3 is 0 Å². The van der Waals surface area contributed by atoms with Crippen LogP contribution in [0.4, 0.5) is 0 Å². The number of benzene rings is 10. The molecule has 10 rings (SSSR count). The first kappa shape index (κ1) is 40.6. The van der Waals surface area contributed by atoms with Crippen LogP contribution < -0.4 is 0 Å². The van der Waals surface area contributed by atoms with Crippen LogP contribution in [-0.2, 0) is 0 Å². The minimum Gasteiger partial charge on any atom is -0.233 e. The Morgan fingerprint density at radius 3 is 1.29 bits per heavy atom. The molecular formula is C63H46N2. The van der Waals surface area contributed by atoms with Gasteiger partial charge in [-0.2, -0.15) is 0 Å². The van der Waals surface area contributed by atoms with Crippen LogP contribution in [0.5, 0.6) is 0 Å². The Bertz CT molecular complexity index is 3340. The Labute approximate surface area is 381 Å². The molecular weight excluding hydrogens is 785 g/mol. The third-order valence-electron chi connectivity index (χ3n) is 12.1. The molecule has 0 fully saturated rings. The van der Waals surface area contributed by atoms with Gasteiger partial charge in [0.2, 0.25) is 0 Å². The van der Waals surface area contributed by atoms with Crippen LogP contribution in [0.15, 0.2) is 265 Å². The lowest BCUT2D eigenvalue weighted by atomic mass is 9.78. The quantitative estimate of drug-likeness (QED) is 0.0969. The first-order valence-electron chi connectivity index (χ1n) is 22.1. The minimum absolute atomic E-state index is 0.620. The van der Waals surface area contributed by atoms with E-state index in [0.29, 0.717) is 11.5 Å². The molecule has 0 saturated heterocycles. The van der Waals surface area contributed by atoms with Crippen LogP contribution in [0.3, 0.4) is 0 Å². The van der Waals surface area contributed by atoms with Crippen LogP contribution >= 0.6 is 0 Å². The maximum atomic E-state index is 5.23. The predicted octanol–water partition coefficient (Wildman–Crippen LogP) is 16.8. The number of amidine groups is 1. The molecule has 308 valence electrons. The first-order valence-corrected chi connectivity index (χ1v) is 22.1. The summed E-state index contributed by atoms with van der Waals surface area (Å²) in [6.45, 7) is 6.39. The topological polar surface area (TPSA) is 24.7 Å². The van der Waals surface area contributed by atoms with E-state index in [9.17, 15) is 0 Å². The zero-order chi connectivity index (χ0) is 44.0. The number of aliphatic imine (C=N–C) groups is 2. The smallest absolute Gasteiger partial charge is 0.160 e. The molecule has 10 aromatic carbocycles. The van der Waals surface area contributed by atoms with Crippen molar-refractivity contribution in [1.82, 2.24) is 0 Å². The van der Waals surface area contributed by atoms with Gasteiger partial charge >= 0.3 is 0 Å². The Morgan fingerprint density at radius 1 is 0.323 bits per heavy atom. The van der Waals surface area contributed by atoms with E-state index in [0.717, 1.165) is 49.9 Å². The zero-order valence-electron chi connectivity index (χ0n) is 36.3. The summed E-state index contributed by atoms with van der Waals surface area (Å²) in [5.74, 6) is 0.620. The molecule has 0 amide bonds. The summed E-state index contributed by atoms with van der Waals surface area (Å²) < 4.78 is 0. The van der Waals surface area contributed by atoms with Gasteiger partial charge in [-0.1, -0.05) is 243 Å². The van der Waals surface area contributed by atoms with E-state index in [2.05, 4.69) is 202 Å². The molecule has 0 aliphatic heterocycles. The minimum atomic E-state index is 0.620. The van der Waals surface area contributed by atoms with Crippen molar-refractivity contribution in [2.75, 3.05) is 0 Å². The molecule has 0 N–H and O–H groups in total. The summed E-state index contributed by atoms with van der Waals surface area (Å²) in [5, 5.41) is 2.28. The Hall–Kier alpha value is -8.46. The highest BCUT2D eigenvalue weighted by Crippen LogP contribution is 2.50. The molecule has 0 heterocycles. The molecule has 0 radical (unpaired) electrons. The van der Waals surface area contributed by atoms with Crippen molar-refractivity contribution in [3.63, 3.8) is 0 Å². The molecule has 65 heavy (non-hydrogen) atoms. The van der Waals surface area contributed by atoms with Crippen molar-refractivity contribution >= 4 is 28.0 Å². The summed E-state index contributed by atoms with van der Waals surface area (Å²) in [4.78, 5) is 10.2. The summed E-state index contributed by atoms with van der Waals surface area (Å²) in [6, 6.07) is 88.2. The lowest BCUT2D eigenvalue weighted by Gasteiger charge is -2.24. The molecule has 0 aliphatic carbocycles. The molecule has 0 aliphatic rings. The van der Waals surface area contributed by atoms with E-state index in [-0.39, 0.29) is 0 Å². The summed E-state index contributed by atoms with van der Waals surface area (Å²) in [5.41, 5.74) is 18.6. The summed E-state index contributed by atoms with van der Waals surface area (Å²) in [6.07, 6.45) is 0. The highest BCUT2D eigenvalue weighted by atomic mass is 14.9. The SMILES string of the molecule is C=C(N=C(N=C(C)c1ccc(-c2cccc(-c3cc(-c4ccccc4)c(-c4ccccc4)c(-c4ccccc4)c3-c3ccccc3)c2)c2ccccc12)c1ccccc1)c1ccccc1. The summed E-state index contributed by atoms with van der Waals surface area (Å²) in [7, 11) is 0. The highest BCUT2D eigenvalue weighted by Gasteiger charge is 2.24. The van der Waals surface area contributed by atoms with Crippen molar-refractivity contribution < 1.29 is 0 Å². The number of hydrogen-bond donors (Lipinski definition) is 0. The van der Waals surface area contributed by atoms with Gasteiger partial charge in [0.15, 0.2) is 5.84 Å². The van der Waals surface area contributed by atoms with Crippen molar-refractivity contribution in [3.8, 4) is 66.8 Å². The third-order valence-corrected chi connectivity index (χ3v) is 12.1. The molecule has 0 spiro atoms. The van der Waals surface area contributed by atoms with Crippen LogP contribution in [-0.4, -0.2) is 11.5 Å². The fourth-order valence-electron chi connectivity index (χ4n) is 8.96. The average Bonchev–Trinajstić information content (AvgIpc) is 3.39. The van der Waals surface area contributed by atoms with E-state index in [4.69, 9.17) is 9.98 Å². The van der Waals surface area contributed by atoms with Gasteiger partial charge in [0.1, 0.15) is 0 Å². The predicted molar refractivity (Wildman–Crippen MR) is 277 cm³/mol. The largest absolute Gasteiger partial charge is 0.233 e. The van der Waals surface area contributed by atoms with E-state index in [1.54, 1.807) is 0 Å². The van der Waals surface area contributed by atoms with E-state index in [1.807, 2.05) is 60.7 Å². The second-order valence-corrected chi connectivity index (χ2v) is 16.2. The molecule has 2 heteroatoms. The number of rotatable bonds is 10. The van der Waals surface area contributed by atoms with Crippen molar-refractivity contribution in [1.29, 1.82) is 0 Å². The van der Waals surface area contributed by atoms with Gasteiger partial charge in [0.25, 0.3) is 0 Å². The Morgan fingerprint density at radius 2 is 0.738 bits per heavy atom. The Balaban J connectivity index is 1.16. The average molecular weight is 831 g/mol. The molecule has 0 saturated carbocycles. The van der Waals surface area contributed by atoms with Crippen LogP contribution in [0.2, 0.25) is 0 Å².